The van der Waals surface area contributed by atoms with Crippen LogP contribution in [0.4, 0.5) is 13.2 Å². The molecule has 0 atom stereocenters. The lowest BCUT2D eigenvalue weighted by Gasteiger charge is -2.31. The van der Waals surface area contributed by atoms with Crippen molar-refractivity contribution in [2.45, 2.75) is 19.4 Å². The number of likely N-dealkylation sites (tertiary alicyclic amines) is 1. The van der Waals surface area contributed by atoms with E-state index in [0.717, 1.165) is 32.0 Å². The Morgan fingerprint density at radius 2 is 1.63 bits per heavy atom. The summed E-state index contributed by atoms with van der Waals surface area (Å²) < 4.78 is 39.3. The molecule has 0 bridgehead atoms. The van der Waals surface area contributed by atoms with E-state index in [4.69, 9.17) is 5.73 Å². The maximum absolute atomic E-state index is 13.5. The lowest BCUT2D eigenvalue weighted by molar-refractivity contribution is 0.178. The normalized spacial score (nSPS) is 17.3. The highest BCUT2D eigenvalue weighted by atomic mass is 35.5. The van der Waals surface area contributed by atoms with Gasteiger partial charge in [-0.1, -0.05) is 0 Å². The number of halogens is 4. The van der Waals surface area contributed by atoms with Gasteiger partial charge in [-0.2, -0.15) is 0 Å². The Morgan fingerprint density at radius 1 is 1.05 bits per heavy atom. The first-order valence-corrected chi connectivity index (χ1v) is 6.16. The fourth-order valence-electron chi connectivity index (χ4n) is 2.31. The summed E-state index contributed by atoms with van der Waals surface area (Å²) >= 11 is 0. The van der Waals surface area contributed by atoms with Crippen LogP contribution in [-0.4, -0.2) is 24.5 Å². The van der Waals surface area contributed by atoms with Gasteiger partial charge in [0.1, 0.15) is 5.82 Å². The Kier molecular flexibility index (Phi) is 6.10. The van der Waals surface area contributed by atoms with Crippen molar-refractivity contribution in [3.8, 4) is 0 Å². The van der Waals surface area contributed by atoms with Gasteiger partial charge >= 0.3 is 0 Å². The Hall–Kier alpha value is -0.780. The second-order valence-corrected chi connectivity index (χ2v) is 4.81. The maximum Gasteiger partial charge on any atom is 0.161 e. The average molecular weight is 295 g/mol. The number of piperidine rings is 1. The van der Waals surface area contributed by atoms with Gasteiger partial charge in [0, 0.05) is 18.2 Å². The first-order valence-electron chi connectivity index (χ1n) is 6.16. The van der Waals surface area contributed by atoms with Crippen LogP contribution >= 0.6 is 12.4 Å². The van der Waals surface area contributed by atoms with Gasteiger partial charge in [-0.3, -0.25) is 4.90 Å². The van der Waals surface area contributed by atoms with Gasteiger partial charge in [-0.05, 0) is 44.5 Å². The minimum atomic E-state index is -1.14. The van der Waals surface area contributed by atoms with Crippen LogP contribution in [0, 0.1) is 23.4 Å². The van der Waals surface area contributed by atoms with Crippen LogP contribution in [0.5, 0.6) is 0 Å². The summed E-state index contributed by atoms with van der Waals surface area (Å²) in [7, 11) is 0. The predicted octanol–water partition coefficient (Wildman–Crippen LogP) is 2.70. The van der Waals surface area contributed by atoms with Crippen LogP contribution in [0.2, 0.25) is 0 Å². The SMILES string of the molecule is Cl.NCC1CCN(Cc2cc(F)c(F)cc2F)CC1. The molecule has 1 aromatic rings. The van der Waals surface area contributed by atoms with Crippen molar-refractivity contribution in [2.75, 3.05) is 19.6 Å². The molecule has 0 radical (unpaired) electrons. The van der Waals surface area contributed by atoms with Crippen molar-refractivity contribution in [1.82, 2.24) is 4.90 Å². The van der Waals surface area contributed by atoms with Gasteiger partial charge in [-0.15, -0.1) is 12.4 Å². The van der Waals surface area contributed by atoms with Crippen molar-refractivity contribution in [1.29, 1.82) is 0 Å². The molecule has 0 amide bonds. The summed E-state index contributed by atoms with van der Waals surface area (Å²) in [5.74, 6) is -2.30. The zero-order valence-electron chi connectivity index (χ0n) is 10.5. The Labute approximate surface area is 117 Å². The first kappa shape index (κ1) is 16.3. The zero-order valence-corrected chi connectivity index (χ0v) is 11.4. The monoisotopic (exact) mass is 294 g/mol. The van der Waals surface area contributed by atoms with Crippen molar-refractivity contribution in [3.05, 3.63) is 35.1 Å². The highest BCUT2D eigenvalue weighted by Gasteiger charge is 2.19. The van der Waals surface area contributed by atoms with E-state index in [-0.39, 0.29) is 18.0 Å². The van der Waals surface area contributed by atoms with E-state index in [9.17, 15) is 13.2 Å². The molecule has 19 heavy (non-hydrogen) atoms. The molecule has 1 heterocycles. The molecular weight excluding hydrogens is 277 g/mol. The largest absolute Gasteiger partial charge is 0.330 e. The zero-order chi connectivity index (χ0) is 13.1. The number of benzene rings is 1. The minimum Gasteiger partial charge on any atom is -0.330 e. The van der Waals surface area contributed by atoms with Crippen molar-refractivity contribution < 1.29 is 13.2 Å². The number of hydrogen-bond acceptors (Lipinski definition) is 2. The predicted molar refractivity (Wildman–Crippen MR) is 70.6 cm³/mol. The van der Waals surface area contributed by atoms with Gasteiger partial charge < -0.3 is 5.73 Å². The maximum atomic E-state index is 13.5. The highest BCUT2D eigenvalue weighted by molar-refractivity contribution is 5.85. The van der Waals surface area contributed by atoms with E-state index >= 15 is 0 Å². The van der Waals surface area contributed by atoms with E-state index in [0.29, 0.717) is 25.1 Å². The molecule has 108 valence electrons. The van der Waals surface area contributed by atoms with Gasteiger partial charge in [-0.25, -0.2) is 13.2 Å². The Bertz CT molecular complexity index is 421. The van der Waals surface area contributed by atoms with Crippen molar-refractivity contribution in [2.24, 2.45) is 11.7 Å². The molecule has 6 heteroatoms. The highest BCUT2D eigenvalue weighted by Crippen LogP contribution is 2.20. The first-order chi connectivity index (χ1) is 8.60. The van der Waals surface area contributed by atoms with Crippen LogP contribution in [0.3, 0.4) is 0 Å². The smallest absolute Gasteiger partial charge is 0.161 e. The number of hydrogen-bond donors (Lipinski definition) is 1. The molecule has 1 saturated heterocycles. The average Bonchev–Trinajstić information content (AvgIpc) is 2.37. The molecule has 2 N–H and O–H groups in total. The molecule has 2 rings (SSSR count). The van der Waals surface area contributed by atoms with E-state index in [1.807, 2.05) is 4.90 Å². The fourth-order valence-corrected chi connectivity index (χ4v) is 2.31. The van der Waals surface area contributed by atoms with Crippen LogP contribution in [0.1, 0.15) is 18.4 Å². The van der Waals surface area contributed by atoms with Crippen LogP contribution in [0.25, 0.3) is 0 Å². The topological polar surface area (TPSA) is 29.3 Å². The summed E-state index contributed by atoms with van der Waals surface area (Å²) in [5.41, 5.74) is 5.80. The third-order valence-electron chi connectivity index (χ3n) is 3.52. The standard InChI is InChI=1S/C13H17F3N2.ClH/c14-11-6-13(16)12(15)5-10(11)8-18-3-1-9(7-17)2-4-18;/h5-6,9H,1-4,7-8,17H2;1H. The fraction of sp³-hybridized carbons (Fsp3) is 0.538. The lowest BCUT2D eigenvalue weighted by atomic mass is 9.97. The van der Waals surface area contributed by atoms with E-state index in [1.54, 1.807) is 0 Å². The third kappa shape index (κ3) is 4.09. The summed E-state index contributed by atoms with van der Waals surface area (Å²) in [6.07, 6.45) is 1.95. The van der Waals surface area contributed by atoms with Crippen LogP contribution in [0.15, 0.2) is 12.1 Å². The number of nitrogens with zero attached hydrogens (tertiary/aromatic N) is 1. The van der Waals surface area contributed by atoms with Gasteiger partial charge in [0.25, 0.3) is 0 Å². The molecule has 2 nitrogen and oxygen atoms in total. The second-order valence-electron chi connectivity index (χ2n) is 4.81. The van der Waals surface area contributed by atoms with Crippen LogP contribution < -0.4 is 5.73 Å². The molecule has 1 fully saturated rings. The van der Waals surface area contributed by atoms with Crippen molar-refractivity contribution >= 4 is 12.4 Å². The van der Waals surface area contributed by atoms with E-state index in [1.165, 1.54) is 0 Å². The van der Waals surface area contributed by atoms with E-state index < -0.39 is 17.5 Å². The Morgan fingerprint density at radius 3 is 2.21 bits per heavy atom. The second kappa shape index (κ2) is 7.12. The molecule has 1 aromatic carbocycles. The molecule has 0 unspecified atom stereocenters. The Balaban J connectivity index is 0.00000180. The van der Waals surface area contributed by atoms with Gasteiger partial charge in [0.15, 0.2) is 11.6 Å². The summed E-state index contributed by atoms with van der Waals surface area (Å²) in [5, 5.41) is 0. The lowest BCUT2D eigenvalue weighted by Crippen LogP contribution is -2.35. The quantitative estimate of drug-likeness (QED) is 0.869. The molecule has 1 aliphatic rings. The number of rotatable bonds is 3. The summed E-state index contributed by atoms with van der Waals surface area (Å²) in [6, 6.07) is 1.55. The molecular formula is C13H18ClF3N2. The summed E-state index contributed by atoms with van der Waals surface area (Å²) in [6.45, 7) is 2.63. The van der Waals surface area contributed by atoms with Crippen molar-refractivity contribution in [3.63, 3.8) is 0 Å². The van der Waals surface area contributed by atoms with Crippen LogP contribution in [-0.2, 0) is 6.54 Å². The summed E-state index contributed by atoms with van der Waals surface area (Å²) in [4.78, 5) is 2.04. The molecule has 0 saturated carbocycles. The molecule has 1 aliphatic heterocycles. The van der Waals surface area contributed by atoms with E-state index in [2.05, 4.69) is 0 Å². The molecule has 0 aromatic heterocycles. The van der Waals surface area contributed by atoms with Gasteiger partial charge in [0.2, 0.25) is 0 Å². The molecule has 0 spiro atoms. The molecule has 0 aliphatic carbocycles. The van der Waals surface area contributed by atoms with Gasteiger partial charge in [0.05, 0.1) is 0 Å². The minimum absolute atomic E-state index is 0. The number of nitrogens with two attached hydrogens (primary N) is 1. The third-order valence-corrected chi connectivity index (χ3v) is 3.52.